The van der Waals surface area contributed by atoms with Gasteiger partial charge in [0.05, 0.1) is 0 Å². The second-order valence-electron chi connectivity index (χ2n) is 7.79. The van der Waals surface area contributed by atoms with Gasteiger partial charge in [-0.25, -0.2) is 0 Å². The van der Waals surface area contributed by atoms with Crippen LogP contribution in [0.4, 0.5) is 0 Å². The molecule has 0 N–H and O–H groups in total. The maximum atomic E-state index is 12.6. The first kappa shape index (κ1) is 17.6. The highest BCUT2D eigenvalue weighted by molar-refractivity contribution is 5.87. The van der Waals surface area contributed by atoms with Crippen molar-refractivity contribution in [1.29, 1.82) is 0 Å². The fraction of sp³-hybridized carbons (Fsp3) is 0.941. The fourth-order valence-corrected chi connectivity index (χ4v) is 3.20. The topological polar surface area (TPSA) is 23.6 Å². The van der Waals surface area contributed by atoms with E-state index in [9.17, 15) is 4.79 Å². The minimum atomic E-state index is -0.103. The summed E-state index contributed by atoms with van der Waals surface area (Å²) in [5, 5.41) is 0. The third-order valence-corrected chi connectivity index (χ3v) is 4.36. The van der Waals surface area contributed by atoms with Gasteiger partial charge >= 0.3 is 0 Å². The van der Waals surface area contributed by atoms with Gasteiger partial charge in [0, 0.05) is 37.5 Å². The van der Waals surface area contributed by atoms with Crippen molar-refractivity contribution in [1.82, 2.24) is 9.80 Å². The van der Waals surface area contributed by atoms with Gasteiger partial charge in [0.2, 0.25) is 0 Å². The summed E-state index contributed by atoms with van der Waals surface area (Å²) in [5.41, 5.74) is -0.103. The molecule has 1 aliphatic carbocycles. The van der Waals surface area contributed by atoms with Gasteiger partial charge < -0.3 is 9.80 Å². The Hall–Kier alpha value is -0.410. The van der Waals surface area contributed by atoms with E-state index in [1.54, 1.807) is 0 Å². The quantitative estimate of drug-likeness (QED) is 0.717. The van der Waals surface area contributed by atoms with E-state index in [0.29, 0.717) is 11.7 Å². The van der Waals surface area contributed by atoms with Crippen LogP contribution in [0.5, 0.6) is 0 Å². The van der Waals surface area contributed by atoms with E-state index in [4.69, 9.17) is 0 Å². The molecule has 1 saturated carbocycles. The highest BCUT2D eigenvalue weighted by atomic mass is 16.1. The summed E-state index contributed by atoms with van der Waals surface area (Å²) >= 11 is 0. The third kappa shape index (κ3) is 5.53. The average molecular weight is 282 g/mol. The van der Waals surface area contributed by atoms with Gasteiger partial charge in [-0.1, -0.05) is 34.1 Å². The van der Waals surface area contributed by atoms with Gasteiger partial charge in [0.25, 0.3) is 0 Å². The SMILES string of the molecule is CC(C)CN(CCN(C)C)CC1CCCC(C)(C)C1=O. The van der Waals surface area contributed by atoms with Crippen LogP contribution in [0.25, 0.3) is 0 Å². The summed E-state index contributed by atoms with van der Waals surface area (Å²) < 4.78 is 0. The molecule has 0 heterocycles. The minimum Gasteiger partial charge on any atom is -0.308 e. The molecule has 3 heteroatoms. The molecule has 0 aliphatic heterocycles. The fourth-order valence-electron chi connectivity index (χ4n) is 3.20. The Bertz CT molecular complexity index is 310. The van der Waals surface area contributed by atoms with Crippen LogP contribution in [0.15, 0.2) is 0 Å². The molecule has 1 unspecified atom stereocenters. The molecule has 0 aromatic carbocycles. The van der Waals surface area contributed by atoms with Crippen LogP contribution in [0.1, 0.15) is 47.0 Å². The molecule has 1 rings (SSSR count). The Balaban J connectivity index is 2.60. The Labute approximate surface area is 125 Å². The number of hydrogen-bond acceptors (Lipinski definition) is 3. The predicted molar refractivity (Wildman–Crippen MR) is 86.0 cm³/mol. The van der Waals surface area contributed by atoms with Gasteiger partial charge in [-0.15, -0.1) is 0 Å². The summed E-state index contributed by atoms with van der Waals surface area (Å²) in [5.74, 6) is 1.39. The predicted octanol–water partition coefficient (Wildman–Crippen LogP) is 2.90. The summed E-state index contributed by atoms with van der Waals surface area (Å²) in [6, 6.07) is 0. The van der Waals surface area contributed by atoms with Gasteiger partial charge in [0.1, 0.15) is 5.78 Å². The van der Waals surface area contributed by atoms with Gasteiger partial charge in [-0.05, 0) is 32.9 Å². The van der Waals surface area contributed by atoms with Gasteiger partial charge in [0.15, 0.2) is 0 Å². The largest absolute Gasteiger partial charge is 0.308 e. The summed E-state index contributed by atoms with van der Waals surface area (Å²) in [4.78, 5) is 17.3. The average Bonchev–Trinajstić information content (AvgIpc) is 2.31. The molecule has 0 bridgehead atoms. The van der Waals surface area contributed by atoms with E-state index >= 15 is 0 Å². The minimum absolute atomic E-state index is 0.103. The summed E-state index contributed by atoms with van der Waals surface area (Å²) in [6.45, 7) is 12.9. The number of rotatable bonds is 7. The maximum absolute atomic E-state index is 12.6. The lowest BCUT2D eigenvalue weighted by Gasteiger charge is -2.37. The van der Waals surface area contributed by atoms with Crippen molar-refractivity contribution < 1.29 is 4.79 Å². The van der Waals surface area contributed by atoms with Crippen molar-refractivity contribution in [3.05, 3.63) is 0 Å². The number of hydrogen-bond donors (Lipinski definition) is 0. The number of Topliss-reactive ketones (excluding diaryl/α,β-unsaturated/α-hetero) is 1. The summed E-state index contributed by atoms with van der Waals surface area (Å²) in [6.07, 6.45) is 3.34. The van der Waals surface area contributed by atoms with Crippen molar-refractivity contribution in [2.24, 2.45) is 17.3 Å². The molecule has 1 fully saturated rings. The normalized spacial score (nSPS) is 23.1. The van der Waals surface area contributed by atoms with Crippen LogP contribution in [-0.2, 0) is 4.79 Å². The molecule has 20 heavy (non-hydrogen) atoms. The van der Waals surface area contributed by atoms with Crippen molar-refractivity contribution in [2.45, 2.75) is 47.0 Å². The van der Waals surface area contributed by atoms with Gasteiger partial charge in [-0.2, -0.15) is 0 Å². The first-order chi connectivity index (χ1) is 9.22. The second-order valence-corrected chi connectivity index (χ2v) is 7.79. The monoisotopic (exact) mass is 282 g/mol. The summed E-state index contributed by atoms with van der Waals surface area (Å²) in [7, 11) is 4.23. The molecule has 0 amide bonds. The zero-order chi connectivity index (χ0) is 15.3. The Kier molecular flexibility index (Phi) is 6.67. The zero-order valence-electron chi connectivity index (χ0n) is 14.4. The van der Waals surface area contributed by atoms with Crippen LogP contribution in [0, 0.1) is 17.3 Å². The number of likely N-dealkylation sites (N-methyl/N-ethyl adjacent to an activating group) is 1. The lowest BCUT2D eigenvalue weighted by molar-refractivity contribution is -0.135. The Morgan fingerprint density at radius 1 is 1.25 bits per heavy atom. The smallest absolute Gasteiger partial charge is 0.142 e. The van der Waals surface area contributed by atoms with Crippen molar-refractivity contribution >= 4 is 5.78 Å². The van der Waals surface area contributed by atoms with Crippen molar-refractivity contribution in [3.8, 4) is 0 Å². The Morgan fingerprint density at radius 3 is 2.45 bits per heavy atom. The van der Waals surface area contributed by atoms with Gasteiger partial charge in [-0.3, -0.25) is 4.79 Å². The van der Waals surface area contributed by atoms with E-state index < -0.39 is 0 Å². The van der Waals surface area contributed by atoms with E-state index in [0.717, 1.165) is 39.0 Å². The molecule has 0 radical (unpaired) electrons. The Morgan fingerprint density at radius 2 is 1.90 bits per heavy atom. The molecule has 118 valence electrons. The van der Waals surface area contributed by atoms with Crippen molar-refractivity contribution in [2.75, 3.05) is 40.3 Å². The highest BCUT2D eigenvalue weighted by Gasteiger charge is 2.37. The van der Waals surface area contributed by atoms with Crippen LogP contribution in [0.3, 0.4) is 0 Å². The third-order valence-electron chi connectivity index (χ3n) is 4.36. The van der Waals surface area contributed by atoms with Crippen molar-refractivity contribution in [3.63, 3.8) is 0 Å². The number of carbonyl (C=O) groups excluding carboxylic acids is 1. The molecule has 3 nitrogen and oxygen atoms in total. The number of carbonyl (C=O) groups is 1. The van der Waals surface area contributed by atoms with Crippen LogP contribution < -0.4 is 0 Å². The molecular weight excluding hydrogens is 248 g/mol. The van der Waals surface area contributed by atoms with E-state index in [-0.39, 0.29) is 11.3 Å². The first-order valence-electron chi connectivity index (χ1n) is 8.14. The number of nitrogens with zero attached hydrogens (tertiary/aromatic N) is 2. The van der Waals surface area contributed by atoms with Crippen LogP contribution >= 0.6 is 0 Å². The lowest BCUT2D eigenvalue weighted by atomic mass is 9.71. The van der Waals surface area contributed by atoms with Crippen LogP contribution in [0.2, 0.25) is 0 Å². The highest BCUT2D eigenvalue weighted by Crippen LogP contribution is 2.35. The van der Waals surface area contributed by atoms with E-state index in [2.05, 4.69) is 51.6 Å². The molecule has 1 atom stereocenters. The zero-order valence-corrected chi connectivity index (χ0v) is 14.4. The maximum Gasteiger partial charge on any atom is 0.142 e. The molecule has 0 spiro atoms. The van der Waals surface area contributed by atoms with Crippen LogP contribution in [-0.4, -0.2) is 55.9 Å². The van der Waals surface area contributed by atoms with E-state index in [1.165, 1.54) is 6.42 Å². The molecular formula is C17H34N2O. The molecule has 0 aromatic heterocycles. The molecule has 1 aliphatic rings. The van der Waals surface area contributed by atoms with E-state index in [1.807, 2.05) is 0 Å². The molecule has 0 saturated heterocycles. The lowest BCUT2D eigenvalue weighted by Crippen LogP contribution is -2.44. The number of ketones is 1. The first-order valence-corrected chi connectivity index (χ1v) is 8.14. The molecule has 0 aromatic rings. The standard InChI is InChI=1S/C17H34N2O/c1-14(2)12-19(11-10-18(5)6)13-15-8-7-9-17(3,4)16(15)20/h14-15H,7-13H2,1-6H3. The second kappa shape index (κ2) is 7.56.